The van der Waals surface area contributed by atoms with E-state index in [1.165, 1.54) is 6.92 Å². The molecule has 0 saturated carbocycles. The van der Waals surface area contributed by atoms with Crippen LogP contribution in [0.1, 0.15) is 27.2 Å². The van der Waals surface area contributed by atoms with Gasteiger partial charge in [-0.15, -0.1) is 0 Å². The van der Waals surface area contributed by atoms with Gasteiger partial charge in [-0.25, -0.2) is 0 Å². The summed E-state index contributed by atoms with van der Waals surface area (Å²) in [7, 11) is 0. The molecule has 0 aromatic heterocycles. The molecule has 0 heterocycles. The Kier molecular flexibility index (Phi) is 7.87. The van der Waals surface area contributed by atoms with Gasteiger partial charge in [0.1, 0.15) is 0 Å². The lowest BCUT2D eigenvalue weighted by Crippen LogP contribution is -2.29. The van der Waals surface area contributed by atoms with E-state index in [0.717, 1.165) is 11.8 Å². The molecule has 0 aromatic carbocycles. The third-order valence-electron chi connectivity index (χ3n) is 2.15. The van der Waals surface area contributed by atoms with Gasteiger partial charge in [-0.05, 0) is 6.42 Å². The monoisotopic (exact) mass is 265 g/mol. The molecular formula is C10H19NO3S2. The predicted molar refractivity (Wildman–Crippen MR) is 69.5 cm³/mol. The van der Waals surface area contributed by atoms with Crippen molar-refractivity contribution in [1.29, 1.82) is 0 Å². The van der Waals surface area contributed by atoms with Crippen LogP contribution in [-0.2, 0) is 9.59 Å². The Morgan fingerprint density at radius 1 is 1.50 bits per heavy atom. The van der Waals surface area contributed by atoms with Crippen LogP contribution in [0.3, 0.4) is 0 Å². The van der Waals surface area contributed by atoms with Gasteiger partial charge in [0.15, 0.2) is 5.12 Å². The average Bonchev–Trinajstić information content (AvgIpc) is 2.24. The molecule has 0 aliphatic carbocycles. The van der Waals surface area contributed by atoms with Crippen LogP contribution in [0, 0.1) is 5.92 Å². The highest BCUT2D eigenvalue weighted by molar-refractivity contribution is 8.21. The van der Waals surface area contributed by atoms with Crippen LogP contribution in [0.15, 0.2) is 0 Å². The summed E-state index contributed by atoms with van der Waals surface area (Å²) in [5.41, 5.74) is 0. The molecule has 3 unspecified atom stereocenters. The minimum atomic E-state index is -0.610. The van der Waals surface area contributed by atoms with Crippen molar-refractivity contribution in [3.05, 3.63) is 0 Å². The molecule has 4 nitrogen and oxygen atoms in total. The van der Waals surface area contributed by atoms with E-state index in [2.05, 4.69) is 17.9 Å². The Morgan fingerprint density at radius 2 is 2.06 bits per heavy atom. The first-order valence-electron chi connectivity index (χ1n) is 5.19. The van der Waals surface area contributed by atoms with Crippen LogP contribution in [0.2, 0.25) is 0 Å². The maximum Gasteiger partial charge on any atom is 0.216 e. The van der Waals surface area contributed by atoms with Gasteiger partial charge in [-0.2, -0.15) is 12.6 Å². The van der Waals surface area contributed by atoms with Crippen LogP contribution in [0.5, 0.6) is 0 Å². The van der Waals surface area contributed by atoms with Crippen molar-refractivity contribution in [2.75, 3.05) is 6.54 Å². The van der Waals surface area contributed by atoms with E-state index in [4.69, 9.17) is 0 Å². The van der Waals surface area contributed by atoms with E-state index < -0.39 is 12.0 Å². The highest BCUT2D eigenvalue weighted by atomic mass is 32.2. The fourth-order valence-electron chi connectivity index (χ4n) is 1.02. The van der Waals surface area contributed by atoms with Crippen molar-refractivity contribution in [2.24, 2.45) is 5.92 Å². The molecular weight excluding hydrogens is 246 g/mol. The number of hydrogen-bond donors (Lipinski definition) is 3. The van der Waals surface area contributed by atoms with Gasteiger partial charge in [0.25, 0.3) is 0 Å². The minimum absolute atomic E-state index is 0.0975. The van der Waals surface area contributed by atoms with Crippen molar-refractivity contribution < 1.29 is 14.7 Å². The summed E-state index contributed by atoms with van der Waals surface area (Å²) in [6, 6.07) is 0. The third-order valence-corrected chi connectivity index (χ3v) is 3.69. The normalized spacial score (nSPS) is 16.3. The van der Waals surface area contributed by atoms with E-state index in [9.17, 15) is 14.7 Å². The second kappa shape index (κ2) is 7.97. The molecule has 0 aromatic rings. The first-order valence-corrected chi connectivity index (χ1v) is 6.59. The molecule has 0 rings (SSSR count). The lowest BCUT2D eigenvalue weighted by Gasteiger charge is -2.17. The smallest absolute Gasteiger partial charge is 0.216 e. The summed E-state index contributed by atoms with van der Waals surface area (Å²) >= 11 is 5.23. The van der Waals surface area contributed by atoms with Crippen molar-refractivity contribution >= 4 is 35.4 Å². The van der Waals surface area contributed by atoms with Crippen molar-refractivity contribution in [2.45, 2.75) is 37.9 Å². The fourth-order valence-corrected chi connectivity index (χ4v) is 2.23. The third kappa shape index (κ3) is 6.40. The number of thiol groups is 1. The van der Waals surface area contributed by atoms with Gasteiger partial charge < -0.3 is 10.4 Å². The molecule has 6 heteroatoms. The van der Waals surface area contributed by atoms with Gasteiger partial charge in [-0.3, -0.25) is 9.59 Å². The highest BCUT2D eigenvalue weighted by Crippen LogP contribution is 2.22. The second-order valence-corrected chi connectivity index (χ2v) is 5.77. The Balaban J connectivity index is 3.98. The SMILES string of the molecule is CCC(O)C(C)C(=O)SC(S)CNC(C)=O. The Hall–Kier alpha value is -0.200. The van der Waals surface area contributed by atoms with E-state index in [-0.39, 0.29) is 15.6 Å². The van der Waals surface area contributed by atoms with Gasteiger partial charge in [0, 0.05) is 13.5 Å². The zero-order valence-corrected chi connectivity index (χ0v) is 11.5. The number of rotatable bonds is 6. The average molecular weight is 265 g/mol. The zero-order valence-electron chi connectivity index (χ0n) is 9.77. The molecule has 16 heavy (non-hydrogen) atoms. The first kappa shape index (κ1) is 15.8. The van der Waals surface area contributed by atoms with Crippen molar-refractivity contribution in [3.8, 4) is 0 Å². The fraction of sp³-hybridized carbons (Fsp3) is 0.800. The van der Waals surface area contributed by atoms with Crippen LogP contribution in [0.4, 0.5) is 0 Å². The number of nitrogens with one attached hydrogen (secondary N) is 1. The number of amides is 1. The Morgan fingerprint density at radius 3 is 2.50 bits per heavy atom. The summed E-state index contributed by atoms with van der Waals surface area (Å²) in [5.74, 6) is -0.546. The number of hydrogen-bond acceptors (Lipinski definition) is 5. The number of thioether (sulfide) groups is 1. The highest BCUT2D eigenvalue weighted by Gasteiger charge is 2.23. The maximum absolute atomic E-state index is 11.6. The topological polar surface area (TPSA) is 66.4 Å². The molecule has 0 fully saturated rings. The number of carbonyl (C=O) groups excluding carboxylic acids is 2. The van der Waals surface area contributed by atoms with E-state index >= 15 is 0 Å². The molecule has 0 bridgehead atoms. The summed E-state index contributed by atoms with van der Waals surface area (Å²) in [5, 5.41) is 12.0. The predicted octanol–water partition coefficient (Wildman–Crippen LogP) is 1.05. The quantitative estimate of drug-likeness (QED) is 0.496. The van der Waals surface area contributed by atoms with Crippen molar-refractivity contribution in [3.63, 3.8) is 0 Å². The van der Waals surface area contributed by atoms with E-state index in [0.29, 0.717) is 13.0 Å². The van der Waals surface area contributed by atoms with Gasteiger partial charge in [-0.1, -0.05) is 25.6 Å². The van der Waals surface area contributed by atoms with E-state index in [1.807, 2.05) is 6.92 Å². The van der Waals surface area contributed by atoms with Gasteiger partial charge in [0.2, 0.25) is 5.91 Å². The molecule has 0 radical (unpaired) electrons. The van der Waals surface area contributed by atoms with Crippen molar-refractivity contribution in [1.82, 2.24) is 5.32 Å². The number of carbonyl (C=O) groups is 2. The van der Waals surface area contributed by atoms with Crippen LogP contribution >= 0.6 is 24.4 Å². The molecule has 2 N–H and O–H groups in total. The number of aliphatic hydroxyl groups excluding tert-OH is 1. The zero-order chi connectivity index (χ0) is 12.7. The Bertz CT molecular complexity index is 248. The van der Waals surface area contributed by atoms with E-state index in [1.54, 1.807) is 6.92 Å². The standard InChI is InChI=1S/C10H19NO3S2/c1-4-8(13)6(2)10(14)16-9(15)5-11-7(3)12/h6,8-9,13,15H,4-5H2,1-3H3,(H,11,12). The molecule has 3 atom stereocenters. The minimum Gasteiger partial charge on any atom is -0.392 e. The summed E-state index contributed by atoms with van der Waals surface area (Å²) < 4.78 is -0.275. The van der Waals surface area contributed by atoms with Gasteiger partial charge in [0.05, 0.1) is 16.6 Å². The molecule has 0 saturated heterocycles. The van der Waals surface area contributed by atoms with Crippen LogP contribution < -0.4 is 5.32 Å². The molecule has 1 amide bonds. The summed E-state index contributed by atoms with van der Waals surface area (Å²) in [4.78, 5) is 22.3. The summed E-state index contributed by atoms with van der Waals surface area (Å²) in [6.45, 7) is 5.28. The molecule has 0 aliphatic rings. The van der Waals surface area contributed by atoms with Gasteiger partial charge >= 0.3 is 0 Å². The van der Waals surface area contributed by atoms with Crippen LogP contribution in [-0.4, -0.2) is 33.4 Å². The molecule has 94 valence electrons. The molecule has 0 spiro atoms. The first-order chi connectivity index (χ1) is 7.38. The lowest BCUT2D eigenvalue weighted by molar-refractivity contribution is -0.119. The van der Waals surface area contributed by atoms with Crippen LogP contribution in [0.25, 0.3) is 0 Å². The largest absolute Gasteiger partial charge is 0.392 e. The second-order valence-electron chi connectivity index (χ2n) is 3.59. The maximum atomic E-state index is 11.6. The summed E-state index contributed by atoms with van der Waals surface area (Å²) in [6.07, 6.45) is -0.0579. The Labute approximate surface area is 106 Å². The lowest BCUT2D eigenvalue weighted by atomic mass is 10.1. The number of aliphatic hydroxyl groups is 1. The molecule has 0 aliphatic heterocycles.